The highest BCUT2D eigenvalue weighted by atomic mass is 19.1. The minimum Gasteiger partial charge on any atom is -0.348 e. The van der Waals surface area contributed by atoms with E-state index in [1.165, 1.54) is 18.2 Å². The fourth-order valence-electron chi connectivity index (χ4n) is 2.71. The summed E-state index contributed by atoms with van der Waals surface area (Å²) in [6.45, 7) is 5.07. The van der Waals surface area contributed by atoms with Crippen molar-refractivity contribution >= 4 is 17.7 Å². The van der Waals surface area contributed by atoms with Gasteiger partial charge in [0, 0.05) is 26.2 Å². The van der Waals surface area contributed by atoms with Gasteiger partial charge in [-0.05, 0) is 30.9 Å². The van der Waals surface area contributed by atoms with Gasteiger partial charge in [-0.2, -0.15) is 0 Å². The summed E-state index contributed by atoms with van der Waals surface area (Å²) in [6, 6.07) is 5.93. The van der Waals surface area contributed by atoms with Crippen LogP contribution in [-0.4, -0.2) is 48.8 Å². The monoisotopic (exact) mass is 347 g/mol. The number of nitrogens with one attached hydrogen (secondary N) is 2. The quantitative estimate of drug-likeness (QED) is 0.618. The lowest BCUT2D eigenvalue weighted by Gasteiger charge is -2.32. The van der Waals surface area contributed by atoms with Crippen molar-refractivity contribution in [1.82, 2.24) is 15.5 Å². The smallest absolute Gasteiger partial charge is 0.309 e. The number of carbonyl (C=O) groups is 3. The van der Waals surface area contributed by atoms with E-state index >= 15 is 0 Å². The summed E-state index contributed by atoms with van der Waals surface area (Å²) in [6.07, 6.45) is 2.87. The van der Waals surface area contributed by atoms with Crippen molar-refractivity contribution in [2.24, 2.45) is 5.92 Å². The number of nitrogens with zero attached hydrogens (tertiary/aromatic N) is 1. The van der Waals surface area contributed by atoms with Crippen LogP contribution >= 0.6 is 0 Å². The Hall–Kier alpha value is -2.70. The van der Waals surface area contributed by atoms with Crippen LogP contribution in [0.1, 0.15) is 23.2 Å². The van der Waals surface area contributed by atoms with Gasteiger partial charge in [-0.15, -0.1) is 6.58 Å². The van der Waals surface area contributed by atoms with E-state index in [1.807, 2.05) is 0 Å². The van der Waals surface area contributed by atoms with E-state index in [4.69, 9.17) is 0 Å². The maximum absolute atomic E-state index is 13.7. The standard InChI is InChI=1S/C18H22FN3O3/c1-2-9-20-16(23)17(24)21-12-13-7-10-22(11-8-13)18(25)14-5-3-4-6-15(14)19/h2-6,13H,1,7-12H2,(H,20,23)(H,21,24). The van der Waals surface area contributed by atoms with Gasteiger partial charge in [-0.25, -0.2) is 4.39 Å². The maximum Gasteiger partial charge on any atom is 0.309 e. The average molecular weight is 347 g/mol. The molecule has 0 radical (unpaired) electrons. The highest BCUT2D eigenvalue weighted by molar-refractivity contribution is 6.35. The fraction of sp³-hybridized carbons (Fsp3) is 0.389. The van der Waals surface area contributed by atoms with Gasteiger partial charge in [0.2, 0.25) is 0 Å². The number of halogens is 1. The van der Waals surface area contributed by atoms with Gasteiger partial charge in [0.1, 0.15) is 5.82 Å². The first-order valence-electron chi connectivity index (χ1n) is 8.23. The Morgan fingerprint density at radius 2 is 1.80 bits per heavy atom. The van der Waals surface area contributed by atoms with E-state index in [2.05, 4.69) is 17.2 Å². The van der Waals surface area contributed by atoms with Crippen molar-refractivity contribution in [2.45, 2.75) is 12.8 Å². The zero-order valence-corrected chi connectivity index (χ0v) is 14.0. The van der Waals surface area contributed by atoms with Gasteiger partial charge < -0.3 is 15.5 Å². The molecule has 1 fully saturated rings. The number of rotatable bonds is 5. The number of hydrogen-bond donors (Lipinski definition) is 2. The number of benzene rings is 1. The molecule has 0 bridgehead atoms. The third-order valence-electron chi connectivity index (χ3n) is 4.17. The second-order valence-electron chi connectivity index (χ2n) is 5.92. The number of likely N-dealkylation sites (tertiary alicyclic amines) is 1. The summed E-state index contributed by atoms with van der Waals surface area (Å²) < 4.78 is 13.7. The van der Waals surface area contributed by atoms with Crippen LogP contribution in [0.15, 0.2) is 36.9 Å². The minimum atomic E-state index is -0.688. The van der Waals surface area contributed by atoms with Gasteiger partial charge in [-0.3, -0.25) is 14.4 Å². The summed E-state index contributed by atoms with van der Waals surface area (Å²) in [5.41, 5.74) is 0.0770. The Morgan fingerprint density at radius 3 is 2.44 bits per heavy atom. The molecule has 1 aromatic rings. The molecule has 1 heterocycles. The van der Waals surface area contributed by atoms with E-state index in [0.29, 0.717) is 32.5 Å². The maximum atomic E-state index is 13.7. The lowest BCUT2D eigenvalue weighted by Crippen LogP contribution is -2.45. The molecule has 134 valence electrons. The molecule has 3 amide bonds. The average Bonchev–Trinajstić information content (AvgIpc) is 2.64. The molecule has 1 aromatic carbocycles. The Kier molecular flexibility index (Phi) is 6.68. The van der Waals surface area contributed by atoms with Gasteiger partial charge in [-0.1, -0.05) is 18.2 Å². The van der Waals surface area contributed by atoms with Crippen molar-refractivity contribution in [3.63, 3.8) is 0 Å². The molecule has 0 unspecified atom stereocenters. The van der Waals surface area contributed by atoms with E-state index in [1.54, 1.807) is 17.0 Å². The lowest BCUT2D eigenvalue weighted by atomic mass is 9.96. The second kappa shape index (κ2) is 8.96. The first-order valence-corrected chi connectivity index (χ1v) is 8.23. The van der Waals surface area contributed by atoms with Crippen molar-refractivity contribution in [2.75, 3.05) is 26.2 Å². The second-order valence-corrected chi connectivity index (χ2v) is 5.92. The molecule has 1 aliphatic rings. The number of carbonyl (C=O) groups excluding carboxylic acids is 3. The number of amides is 3. The van der Waals surface area contributed by atoms with Gasteiger partial charge >= 0.3 is 11.8 Å². The first-order chi connectivity index (χ1) is 12.0. The summed E-state index contributed by atoms with van der Waals surface area (Å²) in [5, 5.41) is 5.01. The predicted molar refractivity (Wildman–Crippen MR) is 91.2 cm³/mol. The SMILES string of the molecule is C=CCNC(=O)C(=O)NCC1CCN(C(=O)c2ccccc2F)CC1. The van der Waals surface area contributed by atoms with Crippen LogP contribution in [0.5, 0.6) is 0 Å². The molecule has 0 aliphatic carbocycles. The Morgan fingerprint density at radius 1 is 1.16 bits per heavy atom. The Balaban J connectivity index is 1.77. The summed E-state index contributed by atoms with van der Waals surface area (Å²) in [7, 11) is 0. The third-order valence-corrected chi connectivity index (χ3v) is 4.17. The van der Waals surface area contributed by atoms with Crippen molar-refractivity contribution in [3.05, 3.63) is 48.3 Å². The number of piperidine rings is 1. The van der Waals surface area contributed by atoms with Crippen LogP contribution in [0.2, 0.25) is 0 Å². The minimum absolute atomic E-state index is 0.0770. The zero-order chi connectivity index (χ0) is 18.2. The van der Waals surface area contributed by atoms with Crippen LogP contribution in [0, 0.1) is 11.7 Å². The van der Waals surface area contributed by atoms with Gasteiger partial charge in [0.05, 0.1) is 5.56 Å². The summed E-state index contributed by atoms with van der Waals surface area (Å²) in [5.74, 6) is -2.02. The third kappa shape index (κ3) is 5.14. The highest BCUT2D eigenvalue weighted by Gasteiger charge is 2.25. The molecule has 7 heteroatoms. The van der Waals surface area contributed by atoms with Crippen molar-refractivity contribution in [1.29, 1.82) is 0 Å². The molecule has 0 spiro atoms. The molecule has 1 aliphatic heterocycles. The van der Waals surface area contributed by atoms with Gasteiger partial charge in [0.25, 0.3) is 5.91 Å². The number of hydrogen-bond acceptors (Lipinski definition) is 3. The molecular weight excluding hydrogens is 325 g/mol. The molecule has 2 N–H and O–H groups in total. The van der Waals surface area contributed by atoms with E-state index in [0.717, 1.165) is 0 Å². The lowest BCUT2D eigenvalue weighted by molar-refractivity contribution is -0.139. The molecule has 6 nitrogen and oxygen atoms in total. The fourth-order valence-corrected chi connectivity index (χ4v) is 2.71. The molecule has 1 saturated heterocycles. The van der Waals surface area contributed by atoms with Crippen LogP contribution < -0.4 is 10.6 Å². The van der Waals surface area contributed by atoms with Crippen molar-refractivity contribution in [3.8, 4) is 0 Å². The van der Waals surface area contributed by atoms with Crippen LogP contribution in [0.4, 0.5) is 4.39 Å². The highest BCUT2D eigenvalue weighted by Crippen LogP contribution is 2.19. The van der Waals surface area contributed by atoms with Crippen LogP contribution in [-0.2, 0) is 9.59 Å². The topological polar surface area (TPSA) is 78.5 Å². The van der Waals surface area contributed by atoms with Crippen LogP contribution in [0.3, 0.4) is 0 Å². The molecule has 0 saturated carbocycles. The van der Waals surface area contributed by atoms with Crippen molar-refractivity contribution < 1.29 is 18.8 Å². The zero-order valence-electron chi connectivity index (χ0n) is 14.0. The van der Waals surface area contributed by atoms with E-state index < -0.39 is 17.6 Å². The first kappa shape index (κ1) is 18.6. The van der Waals surface area contributed by atoms with Crippen LogP contribution in [0.25, 0.3) is 0 Å². The molecule has 25 heavy (non-hydrogen) atoms. The molecule has 0 aromatic heterocycles. The predicted octanol–water partition coefficient (Wildman–Crippen LogP) is 1.10. The van der Waals surface area contributed by atoms with Gasteiger partial charge in [0.15, 0.2) is 0 Å². The molecule has 2 rings (SSSR count). The Labute approximate surface area is 146 Å². The Bertz CT molecular complexity index is 655. The van der Waals surface area contributed by atoms with E-state index in [-0.39, 0.29) is 23.9 Å². The largest absolute Gasteiger partial charge is 0.348 e. The molecular formula is C18H22FN3O3. The normalized spacial score (nSPS) is 14.7. The summed E-state index contributed by atoms with van der Waals surface area (Å²) in [4.78, 5) is 37.0. The van der Waals surface area contributed by atoms with E-state index in [9.17, 15) is 18.8 Å². The summed E-state index contributed by atoms with van der Waals surface area (Å²) >= 11 is 0. The molecule has 0 atom stereocenters.